The lowest BCUT2D eigenvalue weighted by atomic mass is 9.87. The summed E-state index contributed by atoms with van der Waals surface area (Å²) in [5.41, 5.74) is 8.20. The number of benzene rings is 1. The molecule has 1 atom stereocenters. The fourth-order valence-electron chi connectivity index (χ4n) is 3.16. The van der Waals surface area contributed by atoms with E-state index in [1.165, 1.54) is 0 Å². The van der Waals surface area contributed by atoms with E-state index in [0.717, 1.165) is 22.2 Å². The molecule has 0 radical (unpaired) electrons. The maximum absolute atomic E-state index is 11.3. The monoisotopic (exact) mass is 306 g/mol. The van der Waals surface area contributed by atoms with Gasteiger partial charge in [-0.1, -0.05) is 11.6 Å². The van der Waals surface area contributed by atoms with E-state index < -0.39 is 17.8 Å². The van der Waals surface area contributed by atoms with E-state index in [0.29, 0.717) is 24.3 Å². The van der Waals surface area contributed by atoms with Gasteiger partial charge in [-0.3, -0.25) is 9.59 Å². The molecule has 0 saturated heterocycles. The molecule has 0 unspecified atom stereocenters. The molecule has 0 aliphatic heterocycles. The number of amides is 1. The van der Waals surface area contributed by atoms with Gasteiger partial charge in [-0.2, -0.15) is 0 Å². The third-order valence-corrected chi connectivity index (χ3v) is 4.33. The molecular formula is C15H15ClN2O3. The molecule has 1 amide bonds. The van der Waals surface area contributed by atoms with Crippen LogP contribution in [0.4, 0.5) is 0 Å². The van der Waals surface area contributed by atoms with E-state index in [1.54, 1.807) is 6.07 Å². The molecule has 3 N–H and O–H groups in total. The Kier molecular flexibility index (Phi) is 3.37. The van der Waals surface area contributed by atoms with E-state index in [4.69, 9.17) is 17.3 Å². The zero-order chi connectivity index (χ0) is 15.1. The molecule has 2 aromatic rings. The van der Waals surface area contributed by atoms with E-state index in [9.17, 15) is 14.7 Å². The largest absolute Gasteiger partial charge is 0.481 e. The summed E-state index contributed by atoms with van der Waals surface area (Å²) in [6.45, 7) is 0.0554. The summed E-state index contributed by atoms with van der Waals surface area (Å²) < 4.78 is 1.83. The minimum absolute atomic E-state index is 0.0554. The number of aromatic nitrogens is 1. The lowest BCUT2D eigenvalue weighted by Gasteiger charge is -2.21. The molecule has 6 heteroatoms. The first kappa shape index (κ1) is 13.9. The number of nitrogens with two attached hydrogens (primary N) is 1. The minimum atomic E-state index is -0.797. The topological polar surface area (TPSA) is 85.3 Å². The van der Waals surface area contributed by atoms with E-state index in [1.807, 2.05) is 16.7 Å². The maximum Gasteiger partial charge on any atom is 0.306 e. The van der Waals surface area contributed by atoms with Gasteiger partial charge in [-0.15, -0.1) is 0 Å². The average Bonchev–Trinajstić information content (AvgIpc) is 2.71. The highest BCUT2D eigenvalue weighted by molar-refractivity contribution is 6.31. The van der Waals surface area contributed by atoms with Gasteiger partial charge in [0.2, 0.25) is 5.91 Å². The molecule has 1 aromatic carbocycles. The number of hydrogen-bond donors (Lipinski definition) is 2. The molecule has 1 heterocycles. The van der Waals surface area contributed by atoms with Gasteiger partial charge in [0, 0.05) is 28.0 Å². The van der Waals surface area contributed by atoms with Crippen molar-refractivity contribution in [3.05, 3.63) is 34.5 Å². The van der Waals surface area contributed by atoms with Crippen molar-refractivity contribution >= 4 is 34.4 Å². The standard InChI is InChI=1S/C15H15ClN2O3/c16-9-2-4-12-11(6-9)10-3-1-8(15(20)21)5-13(10)18(12)7-14(17)19/h2,4,6,8H,1,3,5,7H2,(H2,17,19)(H,20,21)/t8-/m1/s1. The number of hydrogen-bond acceptors (Lipinski definition) is 2. The van der Waals surface area contributed by atoms with Crippen molar-refractivity contribution in [3.63, 3.8) is 0 Å². The third-order valence-electron chi connectivity index (χ3n) is 4.09. The number of carboxylic acid groups (broad SMARTS) is 1. The summed E-state index contributed by atoms with van der Waals surface area (Å²) in [5, 5.41) is 10.8. The first-order valence-electron chi connectivity index (χ1n) is 6.78. The van der Waals surface area contributed by atoms with Gasteiger partial charge in [-0.05, 0) is 36.6 Å². The number of fused-ring (bicyclic) bond motifs is 3. The lowest BCUT2D eigenvalue weighted by molar-refractivity contribution is -0.142. The lowest BCUT2D eigenvalue weighted by Crippen LogP contribution is -2.26. The number of carbonyl (C=O) groups is 2. The van der Waals surface area contributed by atoms with Crippen molar-refractivity contribution in [2.24, 2.45) is 11.7 Å². The molecular weight excluding hydrogens is 292 g/mol. The van der Waals surface area contributed by atoms with Crippen molar-refractivity contribution in [2.45, 2.75) is 25.8 Å². The van der Waals surface area contributed by atoms with Crippen LogP contribution in [0.25, 0.3) is 10.9 Å². The van der Waals surface area contributed by atoms with Crippen LogP contribution in [0.15, 0.2) is 18.2 Å². The number of nitrogens with zero attached hydrogens (tertiary/aromatic N) is 1. The summed E-state index contributed by atoms with van der Waals surface area (Å²) in [6.07, 6.45) is 1.70. The third kappa shape index (κ3) is 2.38. The van der Waals surface area contributed by atoms with Gasteiger partial charge >= 0.3 is 5.97 Å². The number of aryl methyl sites for hydroxylation is 1. The Morgan fingerprint density at radius 1 is 1.43 bits per heavy atom. The van der Waals surface area contributed by atoms with Crippen LogP contribution < -0.4 is 5.73 Å². The van der Waals surface area contributed by atoms with E-state index in [2.05, 4.69) is 0 Å². The average molecular weight is 307 g/mol. The molecule has 1 aromatic heterocycles. The molecule has 0 fully saturated rings. The summed E-state index contributed by atoms with van der Waals surface area (Å²) in [7, 11) is 0. The first-order chi connectivity index (χ1) is 9.97. The van der Waals surface area contributed by atoms with Gasteiger partial charge in [-0.25, -0.2) is 0 Å². The van der Waals surface area contributed by atoms with Crippen LogP contribution in [0.2, 0.25) is 5.02 Å². The zero-order valence-electron chi connectivity index (χ0n) is 11.3. The number of aliphatic carboxylic acids is 1. The highest BCUT2D eigenvalue weighted by atomic mass is 35.5. The molecule has 0 bridgehead atoms. The second kappa shape index (κ2) is 5.07. The smallest absolute Gasteiger partial charge is 0.306 e. The van der Waals surface area contributed by atoms with Crippen molar-refractivity contribution in [1.82, 2.24) is 4.57 Å². The molecule has 0 saturated carbocycles. The van der Waals surface area contributed by atoms with Crippen LogP contribution in [0.3, 0.4) is 0 Å². The minimum Gasteiger partial charge on any atom is -0.481 e. The number of carbonyl (C=O) groups excluding carboxylic acids is 1. The van der Waals surface area contributed by atoms with E-state index >= 15 is 0 Å². The summed E-state index contributed by atoms with van der Waals surface area (Å²) in [4.78, 5) is 22.6. The van der Waals surface area contributed by atoms with Gasteiger partial charge in [0.25, 0.3) is 0 Å². The first-order valence-corrected chi connectivity index (χ1v) is 7.15. The number of carboxylic acids is 1. The molecule has 3 rings (SSSR count). The molecule has 21 heavy (non-hydrogen) atoms. The predicted molar refractivity (Wildman–Crippen MR) is 79.3 cm³/mol. The van der Waals surface area contributed by atoms with Gasteiger partial charge in [0.05, 0.1) is 5.92 Å². The van der Waals surface area contributed by atoms with Crippen LogP contribution in [0, 0.1) is 5.92 Å². The summed E-state index contributed by atoms with van der Waals surface area (Å²) in [6, 6.07) is 5.49. The molecule has 1 aliphatic carbocycles. The fourth-order valence-corrected chi connectivity index (χ4v) is 3.33. The molecule has 110 valence electrons. The van der Waals surface area contributed by atoms with Crippen LogP contribution in [-0.2, 0) is 29.0 Å². The second-order valence-electron chi connectivity index (χ2n) is 5.42. The number of rotatable bonds is 3. The Balaban J connectivity index is 2.20. The van der Waals surface area contributed by atoms with E-state index in [-0.39, 0.29) is 6.54 Å². The highest BCUT2D eigenvalue weighted by Crippen LogP contribution is 2.35. The Hall–Kier alpha value is -2.01. The van der Waals surface area contributed by atoms with Crippen molar-refractivity contribution < 1.29 is 14.7 Å². The van der Waals surface area contributed by atoms with Crippen molar-refractivity contribution in [3.8, 4) is 0 Å². The number of halogens is 1. The quantitative estimate of drug-likeness (QED) is 0.909. The second-order valence-corrected chi connectivity index (χ2v) is 5.85. The SMILES string of the molecule is NC(=O)Cn1c2c(c3cc(Cl)ccc31)CC[C@@H](C(=O)O)C2. The molecule has 1 aliphatic rings. The van der Waals surface area contributed by atoms with Gasteiger partial charge in [0.1, 0.15) is 6.54 Å². The predicted octanol–water partition coefficient (Wildman–Crippen LogP) is 1.97. The summed E-state index contributed by atoms with van der Waals surface area (Å²) in [5.74, 6) is -1.65. The maximum atomic E-state index is 11.3. The van der Waals surface area contributed by atoms with Gasteiger partial charge in [0.15, 0.2) is 0 Å². The van der Waals surface area contributed by atoms with Crippen LogP contribution in [0.1, 0.15) is 17.7 Å². The Bertz CT molecular complexity index is 751. The molecule has 5 nitrogen and oxygen atoms in total. The number of primary amides is 1. The van der Waals surface area contributed by atoms with Crippen LogP contribution in [-0.4, -0.2) is 21.6 Å². The Labute approximate surface area is 126 Å². The summed E-state index contributed by atoms with van der Waals surface area (Å²) >= 11 is 6.06. The zero-order valence-corrected chi connectivity index (χ0v) is 12.1. The highest BCUT2D eigenvalue weighted by Gasteiger charge is 2.29. The normalized spacial score (nSPS) is 17.7. The Morgan fingerprint density at radius 3 is 2.86 bits per heavy atom. The van der Waals surface area contributed by atoms with Crippen molar-refractivity contribution in [2.75, 3.05) is 0 Å². The Morgan fingerprint density at radius 2 is 2.19 bits per heavy atom. The van der Waals surface area contributed by atoms with Gasteiger partial charge < -0.3 is 15.4 Å². The van der Waals surface area contributed by atoms with Crippen LogP contribution in [0.5, 0.6) is 0 Å². The van der Waals surface area contributed by atoms with Crippen LogP contribution >= 0.6 is 11.6 Å². The fraction of sp³-hybridized carbons (Fsp3) is 0.333. The van der Waals surface area contributed by atoms with Crippen molar-refractivity contribution in [1.29, 1.82) is 0 Å². The molecule has 0 spiro atoms.